The lowest BCUT2D eigenvalue weighted by molar-refractivity contribution is -0.365. The van der Waals surface area contributed by atoms with Crippen LogP contribution in [0, 0.1) is 5.92 Å². The summed E-state index contributed by atoms with van der Waals surface area (Å²) in [5.41, 5.74) is 0. The van der Waals surface area contributed by atoms with Gasteiger partial charge in [-0.25, -0.2) is 0 Å². The van der Waals surface area contributed by atoms with Gasteiger partial charge in [-0.1, -0.05) is 6.92 Å². The smallest absolute Gasteiger partial charge is 0.275 e. The number of thiol groups is 1. The van der Waals surface area contributed by atoms with E-state index in [1.165, 1.54) is 0 Å². The molecule has 5 heteroatoms. The normalized spacial score (nSPS) is 14.4. The molecule has 0 aromatic heterocycles. The van der Waals surface area contributed by atoms with Crippen molar-refractivity contribution >= 4 is 23.1 Å². The minimum Gasteiger partial charge on any atom is -0.380 e. The van der Waals surface area contributed by atoms with Crippen molar-refractivity contribution in [3.05, 3.63) is 0 Å². The van der Waals surface area contributed by atoms with Gasteiger partial charge in [0, 0.05) is 19.1 Å². The van der Waals surface area contributed by atoms with Gasteiger partial charge in [0.1, 0.15) is 0 Å². The summed E-state index contributed by atoms with van der Waals surface area (Å²) in [6.45, 7) is 7.23. The average molecular weight is 252 g/mol. The van der Waals surface area contributed by atoms with E-state index >= 15 is 0 Å². The molecule has 15 heavy (non-hydrogen) atoms. The average Bonchev–Trinajstić information content (AvgIpc) is 2.25. The summed E-state index contributed by atoms with van der Waals surface area (Å²) in [5, 5.41) is 0. The van der Waals surface area contributed by atoms with Crippen molar-refractivity contribution < 1.29 is 13.9 Å². The van der Waals surface area contributed by atoms with Crippen molar-refractivity contribution in [1.82, 2.24) is 0 Å². The van der Waals surface area contributed by atoms with Crippen LogP contribution in [-0.2, 0) is 13.9 Å². The zero-order valence-electron chi connectivity index (χ0n) is 10.3. The highest BCUT2D eigenvalue weighted by atomic mass is 32.1. The molecule has 0 heterocycles. The Morgan fingerprint density at radius 1 is 1.27 bits per heavy atom. The van der Waals surface area contributed by atoms with Gasteiger partial charge in [0.2, 0.25) is 0 Å². The van der Waals surface area contributed by atoms with E-state index in [9.17, 15) is 0 Å². The van der Waals surface area contributed by atoms with E-state index in [1.807, 2.05) is 13.8 Å². The van der Waals surface area contributed by atoms with Gasteiger partial charge in [-0.15, -0.1) is 0 Å². The zero-order valence-corrected chi connectivity index (χ0v) is 13.2. The third-order valence-electron chi connectivity index (χ3n) is 2.37. The molecule has 0 fully saturated rings. The first-order valence-corrected chi connectivity index (χ1v) is 7.05. The van der Waals surface area contributed by atoms with E-state index in [0.29, 0.717) is 23.7 Å². The van der Waals surface area contributed by atoms with Gasteiger partial charge in [0.25, 0.3) is 5.97 Å². The maximum absolute atomic E-state index is 5.64. The lowest BCUT2D eigenvalue weighted by Crippen LogP contribution is -2.45. The summed E-state index contributed by atoms with van der Waals surface area (Å²) in [5.74, 6) is 0.306. The molecule has 0 aromatic rings. The van der Waals surface area contributed by atoms with Gasteiger partial charge in [0.15, 0.2) is 10.5 Å². The lowest BCUT2D eigenvalue weighted by Gasteiger charge is -2.37. The monoisotopic (exact) mass is 252 g/mol. The third kappa shape index (κ3) is 4.87. The van der Waals surface area contributed by atoms with Gasteiger partial charge in [-0.2, -0.15) is 12.6 Å². The number of hydrogen-bond donors (Lipinski definition) is 1. The predicted octanol–water partition coefficient (Wildman–Crippen LogP) is 1.36. The largest absolute Gasteiger partial charge is 0.380 e. The van der Waals surface area contributed by atoms with Crippen molar-refractivity contribution in [1.29, 1.82) is 0 Å². The molecule has 0 aliphatic heterocycles. The Balaban J connectivity index is 4.41. The Kier molecular flexibility index (Phi) is 8.84. The first kappa shape index (κ1) is 15.4. The third-order valence-corrected chi connectivity index (χ3v) is 3.26. The van der Waals surface area contributed by atoms with Crippen molar-refractivity contribution in [2.75, 3.05) is 19.0 Å². The molecule has 0 rings (SSSR count). The Morgan fingerprint density at radius 3 is 2.13 bits per heavy atom. The molecule has 92 valence electrons. The Labute approximate surface area is 102 Å². The molecule has 0 N–H and O–H groups in total. The Hall–Kier alpha value is 0.447. The van der Waals surface area contributed by atoms with Crippen LogP contribution in [0.2, 0.25) is 0 Å². The summed E-state index contributed by atoms with van der Waals surface area (Å²) in [6, 6.07) is 0. The molecule has 0 saturated carbocycles. The Bertz CT molecular complexity index is 152. The van der Waals surface area contributed by atoms with Crippen molar-refractivity contribution in [2.45, 2.75) is 39.6 Å². The topological polar surface area (TPSA) is 27.7 Å². The van der Waals surface area contributed by atoms with Gasteiger partial charge in [-0.3, -0.25) is 0 Å². The molecule has 0 spiro atoms. The SMILES string of the molecule is CCOC(O[SiH3])(OCC)C(C)CCCS. The summed E-state index contributed by atoms with van der Waals surface area (Å²) in [4.78, 5) is 0. The van der Waals surface area contributed by atoms with Gasteiger partial charge >= 0.3 is 0 Å². The van der Waals surface area contributed by atoms with E-state index in [4.69, 9.17) is 13.9 Å². The summed E-state index contributed by atoms with van der Waals surface area (Å²) < 4.78 is 16.8. The standard InChI is InChI=1S/C10H24O3SSi/c1-4-11-10(13-15,12-5-2)9(3)7-6-8-14/h9,14H,4-8H2,1-3,15H3. The number of hydrogen-bond acceptors (Lipinski definition) is 4. The second-order valence-electron chi connectivity index (χ2n) is 3.44. The van der Waals surface area contributed by atoms with Gasteiger partial charge in [-0.05, 0) is 32.4 Å². The van der Waals surface area contributed by atoms with E-state index in [2.05, 4.69) is 19.6 Å². The molecule has 0 amide bonds. The van der Waals surface area contributed by atoms with Crippen LogP contribution in [0.15, 0.2) is 0 Å². The minimum absolute atomic E-state index is 0.238. The van der Waals surface area contributed by atoms with Crippen molar-refractivity contribution in [3.8, 4) is 0 Å². The summed E-state index contributed by atoms with van der Waals surface area (Å²) >= 11 is 4.21. The molecule has 0 aliphatic carbocycles. The molecular weight excluding hydrogens is 228 g/mol. The molecule has 0 aromatic carbocycles. The van der Waals surface area contributed by atoms with Crippen molar-refractivity contribution in [3.63, 3.8) is 0 Å². The van der Waals surface area contributed by atoms with Crippen LogP contribution in [0.5, 0.6) is 0 Å². The number of ether oxygens (including phenoxy) is 2. The van der Waals surface area contributed by atoms with Gasteiger partial charge in [0.05, 0.1) is 0 Å². The van der Waals surface area contributed by atoms with E-state index < -0.39 is 5.97 Å². The predicted molar refractivity (Wildman–Crippen MR) is 69.3 cm³/mol. The quantitative estimate of drug-likeness (QED) is 0.381. The van der Waals surface area contributed by atoms with Crippen LogP contribution in [0.3, 0.4) is 0 Å². The van der Waals surface area contributed by atoms with Crippen LogP contribution in [-0.4, -0.2) is 35.4 Å². The lowest BCUT2D eigenvalue weighted by atomic mass is 10.0. The molecule has 1 unspecified atom stereocenters. The molecule has 0 radical (unpaired) electrons. The van der Waals surface area contributed by atoms with E-state index in [1.54, 1.807) is 0 Å². The van der Waals surface area contributed by atoms with Gasteiger partial charge < -0.3 is 13.9 Å². The minimum atomic E-state index is -0.821. The molecule has 0 aliphatic rings. The Morgan fingerprint density at radius 2 is 1.80 bits per heavy atom. The highest BCUT2D eigenvalue weighted by molar-refractivity contribution is 7.80. The maximum Gasteiger partial charge on any atom is 0.275 e. The fourth-order valence-corrected chi connectivity index (χ4v) is 2.44. The highest BCUT2D eigenvalue weighted by Gasteiger charge is 2.37. The highest BCUT2D eigenvalue weighted by Crippen LogP contribution is 2.28. The number of rotatable bonds is 9. The van der Waals surface area contributed by atoms with Crippen LogP contribution in [0.25, 0.3) is 0 Å². The molecular formula is C10H24O3SSi. The molecule has 0 saturated heterocycles. The van der Waals surface area contributed by atoms with Crippen LogP contribution in [0.1, 0.15) is 33.6 Å². The molecule has 0 bridgehead atoms. The fourth-order valence-electron chi connectivity index (χ4n) is 1.62. The van der Waals surface area contributed by atoms with Crippen LogP contribution >= 0.6 is 12.6 Å². The first-order valence-electron chi connectivity index (χ1n) is 5.60. The second kappa shape index (κ2) is 8.58. The van der Waals surface area contributed by atoms with E-state index in [-0.39, 0.29) is 5.92 Å². The van der Waals surface area contributed by atoms with Crippen molar-refractivity contribution in [2.24, 2.45) is 5.92 Å². The van der Waals surface area contributed by atoms with E-state index in [0.717, 1.165) is 18.6 Å². The fraction of sp³-hybridized carbons (Fsp3) is 1.00. The molecule has 1 atom stereocenters. The summed E-state index contributed by atoms with van der Waals surface area (Å²) in [7, 11) is 0.612. The van der Waals surface area contributed by atoms with Crippen LogP contribution < -0.4 is 0 Å². The zero-order chi connectivity index (χ0) is 11.7. The second-order valence-corrected chi connectivity index (χ2v) is 4.30. The maximum atomic E-state index is 5.64. The summed E-state index contributed by atoms with van der Waals surface area (Å²) in [6.07, 6.45) is 2.06. The molecule has 3 nitrogen and oxygen atoms in total. The first-order chi connectivity index (χ1) is 7.16. The van der Waals surface area contributed by atoms with Crippen LogP contribution in [0.4, 0.5) is 0 Å².